The molecule has 0 aliphatic heterocycles. The smallest absolute Gasteiger partial charge is 0.362 e. The second kappa shape index (κ2) is 39.2. The van der Waals surface area contributed by atoms with E-state index in [0.717, 1.165) is 38.5 Å². The van der Waals surface area contributed by atoms with Crippen LogP contribution in [-0.4, -0.2) is 80.6 Å². The summed E-state index contributed by atoms with van der Waals surface area (Å²) in [5, 5.41) is 9.61. The fourth-order valence-corrected chi connectivity index (χ4v) is 7.33. The predicted octanol–water partition coefficient (Wildman–Crippen LogP) is 12.9. The van der Waals surface area contributed by atoms with Gasteiger partial charge in [-0.3, -0.25) is 9.59 Å². The summed E-state index contributed by atoms with van der Waals surface area (Å²) >= 11 is 0. The Hall–Kier alpha value is -1.67. The maximum absolute atomic E-state index is 12.7. The number of ether oxygens (including phenoxy) is 3. The molecule has 0 aliphatic rings. The van der Waals surface area contributed by atoms with Crippen molar-refractivity contribution in [2.45, 2.75) is 244 Å². The molecule has 0 aromatic carbocycles. The van der Waals surface area contributed by atoms with Crippen molar-refractivity contribution in [2.24, 2.45) is 0 Å². The topological polar surface area (TPSA) is 99.1 Å². The summed E-state index contributed by atoms with van der Waals surface area (Å²) in [6.07, 6.45) is 40.0. The van der Waals surface area contributed by atoms with Gasteiger partial charge in [0, 0.05) is 19.3 Å². The minimum absolute atomic E-state index is 0.0419. The average Bonchev–Trinajstić information content (AvgIpc) is 3.14. The van der Waals surface area contributed by atoms with Crippen molar-refractivity contribution in [3.8, 4) is 0 Å². The molecule has 0 fully saturated rings. The number of carboxylic acids is 1. The molecule has 0 aliphatic carbocycles. The normalized spacial score (nSPS) is 12.8. The standard InChI is InChI=1S/C47H91NO7/c1-6-8-10-12-14-16-18-19-20-21-22-23-24-25-26-28-29-31-33-35-37-45(49)54-42-43(41-53-40-39-44(47(51)52)48(3,4)5)55-46(50)38-36-34-32-30-27-17-15-13-11-9-7-2/h43-44H,6-42H2,1-5H3/p+1. The van der Waals surface area contributed by atoms with E-state index in [4.69, 9.17) is 14.2 Å². The number of nitrogens with zero attached hydrogens (tertiary/aromatic N) is 1. The van der Waals surface area contributed by atoms with Gasteiger partial charge in [0.2, 0.25) is 0 Å². The number of hydrogen-bond donors (Lipinski definition) is 1. The van der Waals surface area contributed by atoms with Crippen molar-refractivity contribution < 1.29 is 38.2 Å². The van der Waals surface area contributed by atoms with Crippen LogP contribution in [0, 0.1) is 0 Å². The van der Waals surface area contributed by atoms with Crippen LogP contribution in [0.3, 0.4) is 0 Å². The second-order valence-corrected chi connectivity index (χ2v) is 17.4. The van der Waals surface area contributed by atoms with Gasteiger partial charge in [-0.25, -0.2) is 4.79 Å². The average molecular weight is 783 g/mol. The summed E-state index contributed by atoms with van der Waals surface area (Å²) in [5.74, 6) is -1.45. The quantitative estimate of drug-likeness (QED) is 0.0373. The van der Waals surface area contributed by atoms with Gasteiger partial charge in [-0.1, -0.05) is 200 Å². The van der Waals surface area contributed by atoms with Gasteiger partial charge in [-0.15, -0.1) is 0 Å². The van der Waals surface area contributed by atoms with Gasteiger partial charge in [0.05, 0.1) is 34.4 Å². The summed E-state index contributed by atoms with van der Waals surface area (Å²) in [6.45, 7) is 4.77. The maximum Gasteiger partial charge on any atom is 0.362 e. The molecular weight excluding hydrogens is 691 g/mol. The first-order chi connectivity index (χ1) is 26.6. The summed E-state index contributed by atoms with van der Waals surface area (Å²) in [5.41, 5.74) is 0. The van der Waals surface area contributed by atoms with E-state index in [1.807, 2.05) is 21.1 Å². The van der Waals surface area contributed by atoms with Crippen molar-refractivity contribution in [1.82, 2.24) is 0 Å². The molecule has 0 aromatic rings. The van der Waals surface area contributed by atoms with Gasteiger partial charge < -0.3 is 23.8 Å². The molecule has 0 saturated heterocycles. The Balaban J connectivity index is 4.17. The Labute approximate surface area is 340 Å². The fraction of sp³-hybridized carbons (Fsp3) is 0.936. The third kappa shape index (κ3) is 37.7. The number of aliphatic carboxylic acids is 1. The SMILES string of the molecule is CCCCCCCCCCCCCCCCCCCCCCC(=O)OCC(COCCC(C(=O)O)[N+](C)(C)C)OC(=O)CCCCCCCCCCCCC. The first kappa shape index (κ1) is 53.3. The van der Waals surface area contributed by atoms with Crippen molar-refractivity contribution in [1.29, 1.82) is 0 Å². The van der Waals surface area contributed by atoms with Crippen molar-refractivity contribution in [3.05, 3.63) is 0 Å². The van der Waals surface area contributed by atoms with Crippen molar-refractivity contribution in [3.63, 3.8) is 0 Å². The lowest BCUT2D eigenvalue weighted by Gasteiger charge is -2.31. The second-order valence-electron chi connectivity index (χ2n) is 17.4. The molecule has 8 heteroatoms. The number of rotatable bonds is 43. The zero-order chi connectivity index (χ0) is 40.7. The third-order valence-electron chi connectivity index (χ3n) is 11.0. The van der Waals surface area contributed by atoms with Crippen LogP contribution in [0.25, 0.3) is 0 Å². The molecule has 0 heterocycles. The van der Waals surface area contributed by atoms with Crippen LogP contribution in [0.2, 0.25) is 0 Å². The van der Waals surface area contributed by atoms with Crippen LogP contribution < -0.4 is 0 Å². The Morgan fingerprint density at radius 2 is 0.800 bits per heavy atom. The molecular formula is C47H92NO7+. The minimum atomic E-state index is -0.870. The predicted molar refractivity (Wildman–Crippen MR) is 229 cm³/mol. The van der Waals surface area contributed by atoms with Gasteiger partial charge in [0.25, 0.3) is 0 Å². The Bertz CT molecular complexity index is 874. The Kier molecular flexibility index (Phi) is 38.0. The Morgan fingerprint density at radius 3 is 1.13 bits per heavy atom. The van der Waals surface area contributed by atoms with Gasteiger partial charge >= 0.3 is 17.9 Å². The number of carbonyl (C=O) groups excluding carboxylic acids is 2. The number of carboxylic acid groups (broad SMARTS) is 1. The van der Waals surface area contributed by atoms with Gasteiger partial charge in [0.15, 0.2) is 12.1 Å². The lowest BCUT2D eigenvalue weighted by Crippen LogP contribution is -2.50. The third-order valence-corrected chi connectivity index (χ3v) is 11.0. The molecule has 0 amide bonds. The van der Waals surface area contributed by atoms with Gasteiger partial charge in [-0.2, -0.15) is 0 Å². The molecule has 0 bridgehead atoms. The highest BCUT2D eigenvalue weighted by atomic mass is 16.6. The monoisotopic (exact) mass is 783 g/mol. The number of esters is 2. The lowest BCUT2D eigenvalue weighted by molar-refractivity contribution is -0.887. The fourth-order valence-electron chi connectivity index (χ4n) is 7.33. The molecule has 0 saturated carbocycles. The van der Waals surface area contributed by atoms with E-state index in [1.54, 1.807) is 0 Å². The molecule has 0 rings (SSSR count). The van der Waals surface area contributed by atoms with E-state index >= 15 is 0 Å². The van der Waals surface area contributed by atoms with Crippen LogP contribution in [0.1, 0.15) is 232 Å². The highest BCUT2D eigenvalue weighted by Gasteiger charge is 2.31. The van der Waals surface area contributed by atoms with Crippen LogP contribution in [0.5, 0.6) is 0 Å². The lowest BCUT2D eigenvalue weighted by atomic mass is 10.0. The van der Waals surface area contributed by atoms with E-state index < -0.39 is 18.1 Å². The zero-order valence-electron chi connectivity index (χ0n) is 37.2. The largest absolute Gasteiger partial charge is 0.477 e. The van der Waals surface area contributed by atoms with Crippen LogP contribution in [-0.2, 0) is 28.6 Å². The van der Waals surface area contributed by atoms with Gasteiger partial charge in [0.1, 0.15) is 6.61 Å². The molecule has 55 heavy (non-hydrogen) atoms. The molecule has 8 nitrogen and oxygen atoms in total. The van der Waals surface area contributed by atoms with E-state index in [-0.39, 0.29) is 36.2 Å². The first-order valence-electron chi connectivity index (χ1n) is 23.6. The number of hydrogen-bond acceptors (Lipinski definition) is 6. The van der Waals surface area contributed by atoms with E-state index in [9.17, 15) is 19.5 Å². The zero-order valence-corrected chi connectivity index (χ0v) is 37.2. The summed E-state index contributed by atoms with van der Waals surface area (Å²) < 4.78 is 17.3. The number of quaternary nitrogens is 1. The van der Waals surface area contributed by atoms with Gasteiger partial charge in [-0.05, 0) is 12.8 Å². The summed E-state index contributed by atoms with van der Waals surface area (Å²) in [6, 6.07) is -0.607. The highest BCUT2D eigenvalue weighted by Crippen LogP contribution is 2.16. The molecule has 326 valence electrons. The van der Waals surface area contributed by atoms with Crippen LogP contribution >= 0.6 is 0 Å². The number of carbonyl (C=O) groups is 3. The van der Waals surface area contributed by atoms with E-state index in [2.05, 4.69) is 13.8 Å². The molecule has 0 spiro atoms. The highest BCUT2D eigenvalue weighted by molar-refractivity contribution is 5.72. The minimum Gasteiger partial charge on any atom is -0.477 e. The van der Waals surface area contributed by atoms with Crippen molar-refractivity contribution >= 4 is 17.9 Å². The Morgan fingerprint density at radius 1 is 0.473 bits per heavy atom. The van der Waals surface area contributed by atoms with E-state index in [0.29, 0.717) is 19.3 Å². The summed E-state index contributed by atoms with van der Waals surface area (Å²) in [7, 11) is 5.54. The molecule has 0 radical (unpaired) electrons. The van der Waals surface area contributed by atoms with Crippen LogP contribution in [0.15, 0.2) is 0 Å². The summed E-state index contributed by atoms with van der Waals surface area (Å²) in [4.78, 5) is 37.0. The first-order valence-corrected chi connectivity index (χ1v) is 23.6. The van der Waals surface area contributed by atoms with Crippen molar-refractivity contribution in [2.75, 3.05) is 41.0 Å². The van der Waals surface area contributed by atoms with Crippen LogP contribution in [0.4, 0.5) is 0 Å². The maximum atomic E-state index is 12.7. The van der Waals surface area contributed by atoms with E-state index in [1.165, 1.54) is 161 Å². The molecule has 2 unspecified atom stereocenters. The molecule has 2 atom stereocenters. The molecule has 1 N–H and O–H groups in total. The number of likely N-dealkylation sites (N-methyl/N-ethyl adjacent to an activating group) is 1. The number of unbranched alkanes of at least 4 members (excludes halogenated alkanes) is 29. The molecule has 0 aromatic heterocycles.